The van der Waals surface area contributed by atoms with Crippen molar-refractivity contribution in [3.05, 3.63) is 66.2 Å². The molecule has 0 radical (unpaired) electrons. The van der Waals surface area contributed by atoms with Gasteiger partial charge in [0.05, 0.1) is 31.6 Å². The molecule has 3 aliphatic heterocycles. The predicted octanol–water partition coefficient (Wildman–Crippen LogP) is 2.30. The highest BCUT2D eigenvalue weighted by Crippen LogP contribution is 2.52. The Morgan fingerprint density at radius 3 is 2.56 bits per heavy atom. The summed E-state index contributed by atoms with van der Waals surface area (Å²) in [6.07, 6.45) is 4.13. The summed E-state index contributed by atoms with van der Waals surface area (Å²) in [5.74, 6) is -0.760. The van der Waals surface area contributed by atoms with Crippen molar-refractivity contribution in [2.24, 2.45) is 11.8 Å². The maximum atomic E-state index is 13.5. The molecule has 0 aromatic heterocycles. The zero-order chi connectivity index (χ0) is 23.9. The van der Waals surface area contributed by atoms with Crippen LogP contribution in [0.2, 0.25) is 0 Å². The van der Waals surface area contributed by atoms with Crippen LogP contribution in [0.5, 0.6) is 5.75 Å². The molecule has 4 unspecified atom stereocenters. The van der Waals surface area contributed by atoms with Gasteiger partial charge in [-0.1, -0.05) is 24.3 Å². The van der Waals surface area contributed by atoms with Crippen LogP contribution in [0.4, 0.5) is 11.4 Å². The van der Waals surface area contributed by atoms with Crippen molar-refractivity contribution in [3.8, 4) is 5.75 Å². The van der Waals surface area contributed by atoms with E-state index in [4.69, 9.17) is 9.47 Å². The zero-order valence-corrected chi connectivity index (χ0v) is 19.1. The number of nitrogens with one attached hydrogen (secondary N) is 2. The lowest BCUT2D eigenvalue weighted by atomic mass is 9.77. The largest absolute Gasteiger partial charge is 0.497 e. The molecule has 5 rings (SSSR count). The molecule has 8 nitrogen and oxygen atoms in total. The van der Waals surface area contributed by atoms with Gasteiger partial charge in [-0.2, -0.15) is 0 Å². The molecule has 0 saturated carbocycles. The Morgan fingerprint density at radius 2 is 1.88 bits per heavy atom. The number of hydrogen-bond acceptors (Lipinski definition) is 5. The van der Waals surface area contributed by atoms with Gasteiger partial charge in [-0.25, -0.2) is 0 Å². The fraction of sp³-hybridized carbons (Fsp3) is 0.346. The van der Waals surface area contributed by atoms with Gasteiger partial charge in [-0.05, 0) is 48.4 Å². The molecule has 8 heteroatoms. The van der Waals surface area contributed by atoms with E-state index in [1.165, 1.54) is 6.92 Å². The molecule has 2 saturated heterocycles. The highest BCUT2D eigenvalue weighted by atomic mass is 16.5. The molecule has 3 aliphatic rings. The lowest BCUT2D eigenvalue weighted by Crippen LogP contribution is -2.44. The first kappa shape index (κ1) is 22.2. The third-order valence-corrected chi connectivity index (χ3v) is 6.77. The molecule has 3 amide bonds. The minimum Gasteiger partial charge on any atom is -0.497 e. The molecule has 2 N–H and O–H groups in total. The summed E-state index contributed by atoms with van der Waals surface area (Å²) < 4.78 is 11.4. The van der Waals surface area contributed by atoms with Crippen molar-refractivity contribution in [1.29, 1.82) is 0 Å². The number of nitrogens with zero attached hydrogens (tertiary/aromatic N) is 1. The Balaban J connectivity index is 1.26. The quantitative estimate of drug-likeness (QED) is 0.617. The van der Waals surface area contributed by atoms with Crippen LogP contribution in [0, 0.1) is 11.8 Å². The van der Waals surface area contributed by atoms with E-state index in [0.717, 1.165) is 11.3 Å². The smallest absolute Gasteiger partial charge is 0.234 e. The third kappa shape index (κ3) is 3.84. The summed E-state index contributed by atoms with van der Waals surface area (Å²) in [7, 11) is 1.63. The van der Waals surface area contributed by atoms with Gasteiger partial charge in [-0.3, -0.25) is 14.4 Å². The summed E-state index contributed by atoms with van der Waals surface area (Å²) in [6, 6.07) is 14.8. The molecule has 2 fully saturated rings. The van der Waals surface area contributed by atoms with E-state index in [2.05, 4.69) is 10.6 Å². The van der Waals surface area contributed by atoms with Crippen molar-refractivity contribution < 1.29 is 23.9 Å². The highest BCUT2D eigenvalue weighted by molar-refractivity contribution is 6.03. The van der Waals surface area contributed by atoms with Crippen LogP contribution in [0.15, 0.2) is 60.7 Å². The first-order valence-corrected chi connectivity index (χ1v) is 11.4. The molecule has 3 heterocycles. The Labute approximate surface area is 197 Å². The van der Waals surface area contributed by atoms with Crippen LogP contribution in [0.1, 0.15) is 12.5 Å². The van der Waals surface area contributed by atoms with Gasteiger partial charge < -0.3 is 25.0 Å². The number of amides is 3. The van der Waals surface area contributed by atoms with Crippen molar-refractivity contribution in [2.75, 3.05) is 30.4 Å². The number of carbonyl (C=O) groups excluding carboxylic acids is 3. The second-order valence-electron chi connectivity index (χ2n) is 8.94. The lowest BCUT2D eigenvalue weighted by molar-refractivity contribution is -0.131. The summed E-state index contributed by atoms with van der Waals surface area (Å²) >= 11 is 0. The Morgan fingerprint density at radius 1 is 1.15 bits per heavy atom. The average Bonchev–Trinajstić information content (AvgIpc) is 3.48. The van der Waals surface area contributed by atoms with Gasteiger partial charge in [0.15, 0.2) is 0 Å². The number of benzene rings is 2. The van der Waals surface area contributed by atoms with Crippen molar-refractivity contribution >= 4 is 29.1 Å². The highest BCUT2D eigenvalue weighted by Gasteiger charge is 2.67. The van der Waals surface area contributed by atoms with Crippen LogP contribution in [0.3, 0.4) is 0 Å². The van der Waals surface area contributed by atoms with Crippen LogP contribution >= 0.6 is 0 Å². The minimum absolute atomic E-state index is 0.116. The van der Waals surface area contributed by atoms with E-state index in [1.807, 2.05) is 36.4 Å². The normalized spacial score (nSPS) is 26.5. The van der Waals surface area contributed by atoms with E-state index in [9.17, 15) is 14.4 Å². The average molecular weight is 462 g/mol. The summed E-state index contributed by atoms with van der Waals surface area (Å²) in [5.41, 5.74) is 1.68. The van der Waals surface area contributed by atoms with Crippen molar-refractivity contribution in [2.45, 2.75) is 25.0 Å². The predicted molar refractivity (Wildman–Crippen MR) is 127 cm³/mol. The first-order chi connectivity index (χ1) is 16.4. The van der Waals surface area contributed by atoms with Gasteiger partial charge in [0.1, 0.15) is 11.4 Å². The number of fused-ring (bicyclic) bond motifs is 1. The number of anilines is 2. The summed E-state index contributed by atoms with van der Waals surface area (Å²) in [6.45, 7) is 2.28. The molecular formula is C26H27N3O5. The number of methoxy groups -OCH3 is 1. The third-order valence-electron chi connectivity index (χ3n) is 6.77. The number of carbonyl (C=O) groups is 3. The first-order valence-electron chi connectivity index (χ1n) is 11.4. The molecule has 4 atom stereocenters. The molecule has 2 aromatic rings. The Bertz CT molecular complexity index is 1140. The van der Waals surface area contributed by atoms with E-state index >= 15 is 0 Å². The molecule has 2 aromatic carbocycles. The summed E-state index contributed by atoms with van der Waals surface area (Å²) in [5, 5.41) is 5.72. The monoisotopic (exact) mass is 461 g/mol. The number of rotatable bonds is 7. The van der Waals surface area contributed by atoms with Gasteiger partial charge in [0.25, 0.3) is 0 Å². The van der Waals surface area contributed by atoms with Crippen LogP contribution in [-0.2, 0) is 25.5 Å². The molecule has 0 aliphatic carbocycles. The van der Waals surface area contributed by atoms with Gasteiger partial charge in [0.2, 0.25) is 17.7 Å². The van der Waals surface area contributed by atoms with E-state index in [-0.39, 0.29) is 23.8 Å². The molecule has 176 valence electrons. The van der Waals surface area contributed by atoms with Crippen LogP contribution in [0.25, 0.3) is 0 Å². The Kier molecular flexibility index (Phi) is 5.61. The lowest BCUT2D eigenvalue weighted by Gasteiger charge is -2.23. The van der Waals surface area contributed by atoms with Crippen molar-refractivity contribution in [1.82, 2.24) is 5.32 Å². The minimum atomic E-state index is -0.782. The second kappa shape index (κ2) is 8.61. The summed E-state index contributed by atoms with van der Waals surface area (Å²) in [4.78, 5) is 39.5. The fourth-order valence-corrected chi connectivity index (χ4v) is 5.18. The van der Waals surface area contributed by atoms with Crippen molar-refractivity contribution in [3.63, 3.8) is 0 Å². The molecule has 34 heavy (non-hydrogen) atoms. The fourth-order valence-electron chi connectivity index (χ4n) is 5.18. The van der Waals surface area contributed by atoms with Gasteiger partial charge in [-0.15, -0.1) is 0 Å². The second-order valence-corrected chi connectivity index (χ2v) is 8.94. The van der Waals surface area contributed by atoms with E-state index in [1.54, 1.807) is 36.3 Å². The molecular weight excluding hydrogens is 434 g/mol. The standard InChI is InChI=1S/C26H27N3O5/c1-16(30)28-18-5-7-19(8-6-18)29-15-26-13-11-21(34-26)22(23(26)25(29)32)24(31)27-14-12-17-3-9-20(33-2)10-4-17/h3-11,13,21-23H,12,14-15H2,1-2H3,(H,27,31)(H,28,30). The maximum Gasteiger partial charge on any atom is 0.234 e. The van der Waals surface area contributed by atoms with Crippen LogP contribution < -0.4 is 20.3 Å². The van der Waals surface area contributed by atoms with Crippen LogP contribution in [-0.4, -0.2) is 49.6 Å². The number of ether oxygens (including phenoxy) is 2. The van der Waals surface area contributed by atoms with Gasteiger partial charge >= 0.3 is 0 Å². The van der Waals surface area contributed by atoms with E-state index < -0.39 is 17.4 Å². The van der Waals surface area contributed by atoms with E-state index in [0.29, 0.717) is 30.9 Å². The molecule has 2 bridgehead atoms. The zero-order valence-electron chi connectivity index (χ0n) is 19.1. The topological polar surface area (TPSA) is 97.0 Å². The molecule has 1 spiro atoms. The Hall–Kier alpha value is -3.65. The SMILES string of the molecule is COc1ccc(CCNC(=O)C2C3C=CC4(CN(c5ccc(NC(C)=O)cc5)C(=O)C24)O3)cc1. The maximum absolute atomic E-state index is 13.5. The number of hydrogen-bond donors (Lipinski definition) is 2. The van der Waals surface area contributed by atoms with Gasteiger partial charge in [0, 0.05) is 24.8 Å².